The Hall–Kier alpha value is -1.55. The van der Waals surface area contributed by atoms with Crippen molar-refractivity contribution in [2.24, 2.45) is 22.7 Å². The second-order valence-corrected chi connectivity index (χ2v) is 11.1. The molecule has 0 aromatic carbocycles. The second kappa shape index (κ2) is 6.56. The van der Waals surface area contributed by atoms with Crippen LogP contribution < -0.4 is 0 Å². The SMILES string of the molecule is CC1(C)O[C@@H]2C[C@H]3[C@@H]4C[C@H](F)C5=C(F)C(=O)C=C[C@]5(C)[C@@]4(F)[C@@H](O)C[C@]3(C)[C@]2(C(=O)CO)O1. The van der Waals surface area contributed by atoms with Crippen LogP contribution in [0.25, 0.3) is 0 Å². The molecule has 0 unspecified atom stereocenters. The molecule has 6 nitrogen and oxygen atoms in total. The van der Waals surface area contributed by atoms with Gasteiger partial charge in [-0.1, -0.05) is 13.0 Å². The number of ketones is 2. The maximum Gasteiger partial charge on any atom is 0.213 e. The summed E-state index contributed by atoms with van der Waals surface area (Å²) in [6.07, 6.45) is -2.94. The van der Waals surface area contributed by atoms with Crippen LogP contribution >= 0.6 is 0 Å². The Bertz CT molecular complexity index is 1010. The van der Waals surface area contributed by atoms with E-state index >= 15 is 8.78 Å². The molecule has 182 valence electrons. The zero-order valence-corrected chi connectivity index (χ0v) is 19.0. The molecule has 0 spiro atoms. The van der Waals surface area contributed by atoms with Gasteiger partial charge in [-0.15, -0.1) is 0 Å². The van der Waals surface area contributed by atoms with Crippen molar-refractivity contribution >= 4 is 11.6 Å². The third kappa shape index (κ3) is 2.44. The number of hydrogen-bond donors (Lipinski definition) is 2. The number of ether oxygens (including phenoxy) is 2. The third-order valence-electron chi connectivity index (χ3n) is 9.26. The molecule has 2 N–H and O–H groups in total. The number of fused-ring (bicyclic) bond motifs is 7. The molecule has 4 fully saturated rings. The second-order valence-electron chi connectivity index (χ2n) is 11.1. The van der Waals surface area contributed by atoms with Gasteiger partial charge in [0.15, 0.2) is 28.7 Å². The maximum absolute atomic E-state index is 17.2. The highest BCUT2D eigenvalue weighted by atomic mass is 19.2. The van der Waals surface area contributed by atoms with Crippen LogP contribution in [0.4, 0.5) is 13.2 Å². The van der Waals surface area contributed by atoms with Crippen molar-refractivity contribution in [2.75, 3.05) is 6.61 Å². The third-order valence-corrected chi connectivity index (χ3v) is 9.26. The molecule has 0 aromatic heterocycles. The summed E-state index contributed by atoms with van der Waals surface area (Å²) in [6.45, 7) is 5.46. The average molecular weight is 470 g/mol. The van der Waals surface area contributed by atoms with Gasteiger partial charge in [0.25, 0.3) is 0 Å². The molecule has 0 aromatic rings. The Morgan fingerprint density at radius 2 is 1.88 bits per heavy atom. The predicted molar refractivity (Wildman–Crippen MR) is 109 cm³/mol. The summed E-state index contributed by atoms with van der Waals surface area (Å²) in [7, 11) is 0. The van der Waals surface area contributed by atoms with E-state index in [2.05, 4.69) is 0 Å². The minimum Gasteiger partial charge on any atom is -0.390 e. The molecule has 0 bridgehead atoms. The molecule has 5 aliphatic rings. The van der Waals surface area contributed by atoms with Gasteiger partial charge in [0.2, 0.25) is 5.78 Å². The summed E-state index contributed by atoms with van der Waals surface area (Å²) in [4.78, 5) is 25.0. The van der Waals surface area contributed by atoms with Crippen LogP contribution in [0.15, 0.2) is 23.6 Å². The van der Waals surface area contributed by atoms with Crippen molar-refractivity contribution in [2.45, 2.75) is 82.4 Å². The smallest absolute Gasteiger partial charge is 0.213 e. The van der Waals surface area contributed by atoms with Gasteiger partial charge in [-0.05, 0) is 52.0 Å². The summed E-state index contributed by atoms with van der Waals surface area (Å²) in [5, 5.41) is 21.1. The topological polar surface area (TPSA) is 93.1 Å². The van der Waals surface area contributed by atoms with Crippen molar-refractivity contribution in [1.82, 2.24) is 0 Å². The van der Waals surface area contributed by atoms with E-state index < -0.39 is 94.1 Å². The fourth-order valence-electron chi connectivity index (χ4n) is 8.01. The lowest BCUT2D eigenvalue weighted by Gasteiger charge is -2.63. The number of hydrogen-bond acceptors (Lipinski definition) is 6. The molecule has 5 rings (SSSR count). The van der Waals surface area contributed by atoms with Gasteiger partial charge in [-0.2, -0.15) is 0 Å². The van der Waals surface area contributed by atoms with Crippen molar-refractivity contribution < 1.29 is 42.4 Å². The number of carbonyl (C=O) groups excluding carboxylic acids is 2. The van der Waals surface area contributed by atoms with Crippen LogP contribution in [-0.2, 0) is 19.1 Å². The van der Waals surface area contributed by atoms with E-state index in [9.17, 15) is 24.2 Å². The number of Topliss-reactive ketones (excluding diaryl/α,β-unsaturated/α-hetero) is 1. The Morgan fingerprint density at radius 3 is 2.52 bits per heavy atom. The summed E-state index contributed by atoms with van der Waals surface area (Å²) in [5.41, 5.74) is -7.73. The molecule has 9 atom stereocenters. The number of aliphatic hydroxyl groups is 2. The van der Waals surface area contributed by atoms with Crippen molar-refractivity contribution in [3.05, 3.63) is 23.6 Å². The summed E-state index contributed by atoms with van der Waals surface area (Å²) >= 11 is 0. The molecule has 0 amide bonds. The molecular formula is C24H29F3O6. The van der Waals surface area contributed by atoms with Crippen LogP contribution in [0.5, 0.6) is 0 Å². The number of carbonyl (C=O) groups is 2. The van der Waals surface area contributed by atoms with E-state index in [1.807, 2.05) is 0 Å². The van der Waals surface area contributed by atoms with E-state index in [0.717, 1.165) is 6.08 Å². The molecule has 4 aliphatic carbocycles. The minimum atomic E-state index is -2.48. The van der Waals surface area contributed by atoms with E-state index in [-0.39, 0.29) is 12.8 Å². The molecular weight excluding hydrogens is 441 g/mol. The van der Waals surface area contributed by atoms with Gasteiger partial charge in [0, 0.05) is 22.3 Å². The van der Waals surface area contributed by atoms with Gasteiger partial charge in [0.1, 0.15) is 12.8 Å². The van der Waals surface area contributed by atoms with Crippen molar-refractivity contribution in [3.8, 4) is 0 Å². The standard InChI is InChI=1S/C24H29F3O6/c1-20(2)32-17-8-11-12-7-13(25)18-19(26)14(29)5-6-21(18,3)23(12,27)15(30)9-22(11,4)24(17,33-20)16(31)10-28/h5-6,11-13,15,17,28,30H,7-10H2,1-4H3/t11-,12-,13-,15-,17+,21-,22-,23-,24+/m0/s1. The number of aliphatic hydroxyl groups excluding tert-OH is 2. The highest BCUT2D eigenvalue weighted by Crippen LogP contribution is 2.72. The number of allylic oxidation sites excluding steroid dienone is 4. The van der Waals surface area contributed by atoms with E-state index in [1.165, 1.54) is 13.0 Å². The first kappa shape index (κ1) is 23.2. The van der Waals surface area contributed by atoms with Gasteiger partial charge >= 0.3 is 0 Å². The van der Waals surface area contributed by atoms with Crippen molar-refractivity contribution in [3.63, 3.8) is 0 Å². The summed E-state index contributed by atoms with van der Waals surface area (Å²) in [6, 6.07) is 0. The Morgan fingerprint density at radius 1 is 1.21 bits per heavy atom. The van der Waals surface area contributed by atoms with Gasteiger partial charge < -0.3 is 19.7 Å². The van der Waals surface area contributed by atoms with Crippen LogP contribution in [0.3, 0.4) is 0 Å². The Labute approximate surface area is 189 Å². The first-order valence-electron chi connectivity index (χ1n) is 11.4. The zero-order chi connectivity index (χ0) is 24.4. The van der Waals surface area contributed by atoms with E-state index in [1.54, 1.807) is 20.8 Å². The summed E-state index contributed by atoms with van der Waals surface area (Å²) < 4.78 is 59.6. The lowest BCUT2D eigenvalue weighted by molar-refractivity contribution is -0.249. The highest BCUT2D eigenvalue weighted by Gasteiger charge is 2.80. The van der Waals surface area contributed by atoms with Crippen LogP contribution in [0, 0.1) is 22.7 Å². The fraction of sp³-hybridized carbons (Fsp3) is 0.750. The van der Waals surface area contributed by atoms with E-state index in [4.69, 9.17) is 9.47 Å². The molecule has 33 heavy (non-hydrogen) atoms. The number of halogens is 3. The number of alkyl halides is 2. The highest BCUT2D eigenvalue weighted by molar-refractivity contribution is 6.04. The Kier molecular flexibility index (Phi) is 4.61. The largest absolute Gasteiger partial charge is 0.390 e. The molecule has 1 heterocycles. The fourth-order valence-corrected chi connectivity index (χ4v) is 8.01. The molecule has 9 heteroatoms. The number of rotatable bonds is 2. The van der Waals surface area contributed by atoms with Gasteiger partial charge in [-0.25, -0.2) is 13.2 Å². The first-order valence-corrected chi connectivity index (χ1v) is 11.4. The van der Waals surface area contributed by atoms with Crippen LogP contribution in [0.1, 0.15) is 47.0 Å². The zero-order valence-electron chi connectivity index (χ0n) is 19.0. The Balaban J connectivity index is 1.67. The average Bonchev–Trinajstić information content (AvgIpc) is 3.13. The molecule has 1 saturated heterocycles. The molecule has 0 radical (unpaired) electrons. The quantitative estimate of drug-likeness (QED) is 0.645. The minimum absolute atomic E-state index is 0.154. The van der Waals surface area contributed by atoms with Crippen LogP contribution in [-0.4, -0.2) is 63.8 Å². The lowest BCUT2D eigenvalue weighted by Crippen LogP contribution is -2.71. The van der Waals surface area contributed by atoms with E-state index in [0.29, 0.717) is 0 Å². The van der Waals surface area contributed by atoms with Gasteiger partial charge in [-0.3, -0.25) is 9.59 Å². The van der Waals surface area contributed by atoms with Crippen molar-refractivity contribution in [1.29, 1.82) is 0 Å². The lowest BCUT2D eigenvalue weighted by atomic mass is 9.44. The maximum atomic E-state index is 17.2. The van der Waals surface area contributed by atoms with Gasteiger partial charge in [0.05, 0.1) is 12.2 Å². The normalized spacial score (nSPS) is 52.3. The predicted octanol–water partition coefficient (Wildman–Crippen LogP) is 2.66. The van der Waals surface area contributed by atoms with Crippen LogP contribution in [0.2, 0.25) is 0 Å². The molecule has 3 saturated carbocycles. The first-order chi connectivity index (χ1) is 15.2. The summed E-state index contributed by atoms with van der Waals surface area (Å²) in [5.74, 6) is -5.87. The molecule has 1 aliphatic heterocycles. The monoisotopic (exact) mass is 470 g/mol.